The van der Waals surface area contributed by atoms with Crippen LogP contribution in [0.15, 0.2) is 18.2 Å². The highest BCUT2D eigenvalue weighted by atomic mass is 32.2. The zero-order valence-corrected chi connectivity index (χ0v) is 15.3. The number of carbonyl (C=O) groups is 1. The van der Waals surface area contributed by atoms with Crippen molar-refractivity contribution in [3.63, 3.8) is 0 Å². The first-order chi connectivity index (χ1) is 11.6. The smallest absolute Gasteiger partial charge is 0.339 e. The lowest BCUT2D eigenvalue weighted by molar-refractivity contribution is 0.0682. The van der Waals surface area contributed by atoms with Crippen molar-refractivity contribution >= 4 is 16.2 Å². The number of rotatable bonds is 11. The molecule has 0 aromatic heterocycles. The number of nitrogens with one attached hydrogen (secondary N) is 2. The SMILES string of the molecule is Cc1cccc(C(=O)O)c1OCC(O)CNCCNS(=O)(=O)N(C)C. The first kappa shape index (κ1) is 21.3. The van der Waals surface area contributed by atoms with Gasteiger partial charge >= 0.3 is 5.97 Å². The number of aliphatic hydroxyl groups is 1. The number of carboxylic acid groups (broad SMARTS) is 1. The van der Waals surface area contributed by atoms with E-state index >= 15 is 0 Å². The van der Waals surface area contributed by atoms with Crippen molar-refractivity contribution in [1.82, 2.24) is 14.3 Å². The summed E-state index contributed by atoms with van der Waals surface area (Å²) < 4.78 is 31.8. The summed E-state index contributed by atoms with van der Waals surface area (Å²) in [5, 5.41) is 21.9. The van der Waals surface area contributed by atoms with Gasteiger partial charge in [0.1, 0.15) is 24.0 Å². The molecule has 4 N–H and O–H groups in total. The van der Waals surface area contributed by atoms with Gasteiger partial charge in [0.2, 0.25) is 0 Å². The van der Waals surface area contributed by atoms with Gasteiger partial charge in [0.25, 0.3) is 10.2 Å². The molecule has 25 heavy (non-hydrogen) atoms. The molecule has 0 amide bonds. The average molecular weight is 375 g/mol. The monoisotopic (exact) mass is 375 g/mol. The molecule has 0 fully saturated rings. The molecule has 0 radical (unpaired) electrons. The molecule has 1 rings (SSSR count). The summed E-state index contributed by atoms with van der Waals surface area (Å²) in [6.45, 7) is 2.33. The number of hydrogen-bond acceptors (Lipinski definition) is 6. The van der Waals surface area contributed by atoms with Gasteiger partial charge in [0.05, 0.1) is 0 Å². The summed E-state index contributed by atoms with van der Waals surface area (Å²) in [6, 6.07) is 4.79. The van der Waals surface area contributed by atoms with Gasteiger partial charge < -0.3 is 20.3 Å². The Hall–Kier alpha value is -1.72. The van der Waals surface area contributed by atoms with E-state index in [4.69, 9.17) is 9.84 Å². The van der Waals surface area contributed by atoms with Crippen LogP contribution in [0, 0.1) is 6.92 Å². The molecule has 1 aromatic carbocycles. The van der Waals surface area contributed by atoms with E-state index in [1.165, 1.54) is 20.2 Å². The van der Waals surface area contributed by atoms with Crippen LogP contribution in [-0.4, -0.2) is 75.3 Å². The van der Waals surface area contributed by atoms with Crippen LogP contribution in [0.5, 0.6) is 5.75 Å². The highest BCUT2D eigenvalue weighted by molar-refractivity contribution is 7.87. The fourth-order valence-electron chi connectivity index (χ4n) is 1.92. The minimum absolute atomic E-state index is 0.0400. The third-order valence-corrected chi connectivity index (χ3v) is 4.84. The highest BCUT2D eigenvalue weighted by Crippen LogP contribution is 2.23. The van der Waals surface area contributed by atoms with E-state index in [0.717, 1.165) is 4.31 Å². The molecule has 0 saturated heterocycles. The van der Waals surface area contributed by atoms with E-state index in [1.54, 1.807) is 19.1 Å². The second-order valence-corrected chi connectivity index (χ2v) is 7.58. The Morgan fingerprint density at radius 3 is 2.60 bits per heavy atom. The number of ether oxygens (including phenoxy) is 1. The molecule has 1 unspecified atom stereocenters. The van der Waals surface area contributed by atoms with Crippen LogP contribution in [-0.2, 0) is 10.2 Å². The topological polar surface area (TPSA) is 128 Å². The second-order valence-electron chi connectivity index (χ2n) is 5.61. The summed E-state index contributed by atoms with van der Waals surface area (Å²) in [7, 11) is -0.613. The van der Waals surface area contributed by atoms with Gasteiger partial charge in [-0.3, -0.25) is 0 Å². The van der Waals surface area contributed by atoms with Crippen LogP contribution in [0.3, 0.4) is 0 Å². The van der Waals surface area contributed by atoms with Crippen LogP contribution in [0.25, 0.3) is 0 Å². The molecule has 9 nitrogen and oxygen atoms in total. The molecule has 0 bridgehead atoms. The van der Waals surface area contributed by atoms with Crippen molar-refractivity contribution in [1.29, 1.82) is 0 Å². The Morgan fingerprint density at radius 1 is 1.32 bits per heavy atom. The number of hydrogen-bond donors (Lipinski definition) is 4. The molecule has 1 aromatic rings. The van der Waals surface area contributed by atoms with Crippen molar-refractivity contribution in [3.8, 4) is 5.75 Å². The van der Waals surface area contributed by atoms with Gasteiger partial charge in [-0.1, -0.05) is 12.1 Å². The largest absolute Gasteiger partial charge is 0.490 e. The molecule has 0 heterocycles. The van der Waals surface area contributed by atoms with E-state index in [0.29, 0.717) is 12.1 Å². The summed E-state index contributed by atoms with van der Waals surface area (Å²) in [5.74, 6) is -0.868. The van der Waals surface area contributed by atoms with E-state index in [2.05, 4.69) is 10.0 Å². The molecule has 0 saturated carbocycles. The van der Waals surface area contributed by atoms with Crippen LogP contribution in [0.1, 0.15) is 15.9 Å². The Kier molecular flexibility index (Phi) is 8.26. The molecule has 10 heteroatoms. The van der Waals surface area contributed by atoms with Gasteiger partial charge in [-0.25, -0.2) is 9.52 Å². The third kappa shape index (κ3) is 6.96. The van der Waals surface area contributed by atoms with Gasteiger partial charge in [0.15, 0.2) is 0 Å². The van der Waals surface area contributed by atoms with Crippen molar-refractivity contribution in [3.05, 3.63) is 29.3 Å². The van der Waals surface area contributed by atoms with E-state index < -0.39 is 22.3 Å². The van der Waals surface area contributed by atoms with Gasteiger partial charge in [-0.15, -0.1) is 0 Å². The molecular formula is C15H25N3O6S. The van der Waals surface area contributed by atoms with Crippen LogP contribution >= 0.6 is 0 Å². The Morgan fingerprint density at radius 2 is 2.00 bits per heavy atom. The molecule has 1 atom stereocenters. The van der Waals surface area contributed by atoms with Crippen LogP contribution < -0.4 is 14.8 Å². The number of benzene rings is 1. The Balaban J connectivity index is 2.37. The van der Waals surface area contributed by atoms with Gasteiger partial charge in [-0.2, -0.15) is 12.7 Å². The Labute approximate surface area is 147 Å². The zero-order chi connectivity index (χ0) is 19.0. The van der Waals surface area contributed by atoms with Crippen molar-refractivity contribution in [2.45, 2.75) is 13.0 Å². The summed E-state index contributed by atoms with van der Waals surface area (Å²) in [5.41, 5.74) is 0.705. The van der Waals surface area contributed by atoms with E-state index in [-0.39, 0.29) is 31.0 Å². The normalized spacial score (nSPS) is 13.0. The lowest BCUT2D eigenvalue weighted by Gasteiger charge is -2.16. The summed E-state index contributed by atoms with van der Waals surface area (Å²) in [4.78, 5) is 11.2. The number of carboxylic acids is 1. The molecule has 142 valence electrons. The maximum absolute atomic E-state index is 11.5. The minimum Gasteiger partial charge on any atom is -0.490 e. The third-order valence-electron chi connectivity index (χ3n) is 3.31. The second kappa shape index (κ2) is 9.68. The maximum atomic E-state index is 11.5. The van der Waals surface area contributed by atoms with E-state index in [9.17, 15) is 18.3 Å². The zero-order valence-electron chi connectivity index (χ0n) is 14.5. The maximum Gasteiger partial charge on any atom is 0.339 e. The highest BCUT2D eigenvalue weighted by Gasteiger charge is 2.15. The number of aromatic carboxylic acids is 1. The Bertz CT molecular complexity index is 678. The van der Waals surface area contributed by atoms with Crippen LogP contribution in [0.2, 0.25) is 0 Å². The summed E-state index contributed by atoms with van der Waals surface area (Å²) >= 11 is 0. The van der Waals surface area contributed by atoms with Crippen LogP contribution in [0.4, 0.5) is 0 Å². The van der Waals surface area contributed by atoms with Crippen molar-refractivity contribution in [2.75, 3.05) is 40.3 Å². The fourth-order valence-corrected chi connectivity index (χ4v) is 2.54. The van der Waals surface area contributed by atoms with Crippen molar-refractivity contribution in [2.24, 2.45) is 0 Å². The predicted molar refractivity (Wildman–Crippen MR) is 93.1 cm³/mol. The fraction of sp³-hybridized carbons (Fsp3) is 0.533. The van der Waals surface area contributed by atoms with E-state index in [1.807, 2.05) is 0 Å². The number of para-hydroxylation sites is 1. The molecule has 0 aliphatic rings. The lowest BCUT2D eigenvalue weighted by Crippen LogP contribution is -2.41. The molecule has 0 aliphatic carbocycles. The number of nitrogens with zero attached hydrogens (tertiary/aromatic N) is 1. The number of aliphatic hydroxyl groups excluding tert-OH is 1. The predicted octanol–water partition coefficient (Wildman–Crippen LogP) is -0.581. The van der Waals surface area contributed by atoms with Crippen molar-refractivity contribution < 1.29 is 28.2 Å². The quantitative estimate of drug-likeness (QED) is 0.381. The van der Waals surface area contributed by atoms with Gasteiger partial charge in [0, 0.05) is 33.7 Å². The standard InChI is InChI=1S/C15H25N3O6S/c1-11-5-4-6-13(15(20)21)14(11)24-10-12(19)9-16-7-8-17-25(22,23)18(2)3/h4-6,12,16-17,19H,7-10H2,1-3H3,(H,20,21). The molecular weight excluding hydrogens is 350 g/mol. The first-order valence-corrected chi connectivity index (χ1v) is 9.10. The molecule has 0 spiro atoms. The van der Waals surface area contributed by atoms with Gasteiger partial charge in [-0.05, 0) is 18.6 Å². The summed E-state index contributed by atoms with van der Waals surface area (Å²) in [6.07, 6.45) is -0.869. The first-order valence-electron chi connectivity index (χ1n) is 7.66. The minimum atomic E-state index is -3.46. The average Bonchev–Trinajstić information content (AvgIpc) is 2.52. The lowest BCUT2D eigenvalue weighted by atomic mass is 10.1. The number of aryl methyl sites for hydroxylation is 1. The molecule has 0 aliphatic heterocycles.